The van der Waals surface area contributed by atoms with Gasteiger partial charge in [-0.3, -0.25) is 0 Å². The van der Waals surface area contributed by atoms with E-state index in [9.17, 15) is 0 Å². The van der Waals surface area contributed by atoms with Crippen LogP contribution in [-0.4, -0.2) is 37.1 Å². The zero-order valence-electron chi connectivity index (χ0n) is 31.5. The molecule has 0 atom stereocenters. The number of aryl methyl sites for hydroxylation is 4. The molecule has 0 bridgehead atoms. The van der Waals surface area contributed by atoms with Crippen molar-refractivity contribution < 1.29 is 9.47 Å². The molecule has 0 saturated heterocycles. The number of hydrogen-bond donors (Lipinski definition) is 0. The van der Waals surface area contributed by atoms with Crippen molar-refractivity contribution >= 4 is 22.8 Å². The Kier molecular flexibility index (Phi) is 8.90. The molecule has 0 fully saturated rings. The van der Waals surface area contributed by atoms with Crippen LogP contribution in [0.3, 0.4) is 0 Å². The predicted molar refractivity (Wildman–Crippen MR) is 220 cm³/mol. The highest BCUT2D eigenvalue weighted by Crippen LogP contribution is 2.57. The van der Waals surface area contributed by atoms with E-state index in [4.69, 9.17) is 29.4 Å². The lowest BCUT2D eigenvalue weighted by molar-refractivity contribution is 0.240. The highest BCUT2D eigenvalue weighted by atomic mass is 16.5. The zero-order chi connectivity index (χ0) is 37.5. The Morgan fingerprint density at radius 2 is 0.574 bits per heavy atom. The van der Waals surface area contributed by atoms with Crippen molar-refractivity contribution in [1.82, 2.24) is 0 Å². The number of methoxy groups -OCH3 is 2. The van der Waals surface area contributed by atoms with E-state index >= 15 is 0 Å². The molecule has 2 aliphatic rings. The first-order chi connectivity index (χ1) is 26.2. The van der Waals surface area contributed by atoms with Crippen molar-refractivity contribution in [1.29, 1.82) is 0 Å². The van der Waals surface area contributed by atoms with Crippen molar-refractivity contribution in [3.63, 3.8) is 0 Å². The van der Waals surface area contributed by atoms with Gasteiger partial charge in [-0.15, -0.1) is 0 Å². The molecule has 266 valence electrons. The molecule has 6 aromatic rings. The van der Waals surface area contributed by atoms with Crippen molar-refractivity contribution in [2.24, 2.45) is 20.0 Å². The van der Waals surface area contributed by atoms with Gasteiger partial charge in [0.2, 0.25) is 11.3 Å². The lowest BCUT2D eigenvalue weighted by Crippen LogP contribution is -2.43. The third-order valence-corrected chi connectivity index (χ3v) is 10.3. The number of benzene rings is 6. The third kappa shape index (κ3) is 5.84. The monoisotopic (exact) mass is 706 g/mol. The smallest absolute Gasteiger partial charge is 0.230 e. The minimum absolute atomic E-state index is 0.624. The number of ether oxygens (including phenoxy) is 2. The minimum Gasteiger partial charge on any atom is -0.496 e. The molecule has 0 amide bonds. The topological polar surface area (TPSA) is 67.9 Å². The van der Waals surface area contributed by atoms with Gasteiger partial charge in [-0.25, -0.2) is 20.0 Å². The van der Waals surface area contributed by atoms with Crippen molar-refractivity contribution in [2.45, 2.75) is 39.0 Å². The van der Waals surface area contributed by atoms with Crippen LogP contribution in [0.2, 0.25) is 0 Å². The number of para-hydroxylation sites is 2. The summed E-state index contributed by atoms with van der Waals surface area (Å²) in [6.07, 6.45) is 0. The van der Waals surface area contributed by atoms with Gasteiger partial charge in [0.1, 0.15) is 11.5 Å². The summed E-state index contributed by atoms with van der Waals surface area (Å²) in [5, 5.41) is 0. The fourth-order valence-electron chi connectivity index (χ4n) is 7.35. The Bertz CT molecular complexity index is 2170. The van der Waals surface area contributed by atoms with Crippen LogP contribution in [0.15, 0.2) is 166 Å². The molecule has 0 saturated carbocycles. The summed E-state index contributed by atoms with van der Waals surface area (Å²) in [5.41, 5.74) is 9.80. The molecule has 8 rings (SSSR count). The summed E-state index contributed by atoms with van der Waals surface area (Å²) >= 11 is 0. The van der Waals surface area contributed by atoms with Crippen LogP contribution in [-0.2, 0) is 11.3 Å². The Balaban J connectivity index is 1.57. The van der Waals surface area contributed by atoms with Crippen molar-refractivity contribution in [3.05, 3.63) is 201 Å². The zero-order valence-corrected chi connectivity index (χ0v) is 31.5. The second-order valence-electron chi connectivity index (χ2n) is 14.1. The van der Waals surface area contributed by atoms with E-state index in [1.165, 1.54) is 0 Å². The number of aliphatic imine (C=N–C) groups is 4. The highest BCUT2D eigenvalue weighted by Gasteiger charge is 2.62. The minimum atomic E-state index is -1.50. The van der Waals surface area contributed by atoms with Crippen LogP contribution in [0, 0.1) is 27.7 Å². The average Bonchev–Trinajstić information content (AvgIpc) is 3.81. The standard InChI is InChI=1S/C48H42N4O2/c1-31-15-23-35(24-16-31)43-44(36-25-17-32(2)18-26-36)50-47(49-43,39-11-7-9-13-41(39)53-5)48(40-12-8-10-14-42(40)54-6)51-45(37-27-19-33(3)20-28-37)46(52-48)38-29-21-34(4)22-30-38/h7-30H,1-6H3. The van der Waals surface area contributed by atoms with Gasteiger partial charge in [-0.05, 0) is 39.8 Å². The molecule has 0 spiro atoms. The van der Waals surface area contributed by atoms with Crippen molar-refractivity contribution in [2.75, 3.05) is 14.2 Å². The fourth-order valence-corrected chi connectivity index (χ4v) is 7.35. The van der Waals surface area contributed by atoms with E-state index in [-0.39, 0.29) is 0 Å². The highest BCUT2D eigenvalue weighted by molar-refractivity contribution is 6.55. The molecule has 2 aliphatic heterocycles. The van der Waals surface area contributed by atoms with Gasteiger partial charge < -0.3 is 9.47 Å². The van der Waals surface area contributed by atoms with E-state index in [0.717, 1.165) is 78.5 Å². The summed E-state index contributed by atoms with van der Waals surface area (Å²) < 4.78 is 12.4. The van der Waals surface area contributed by atoms with Crippen LogP contribution in [0.1, 0.15) is 55.6 Å². The predicted octanol–water partition coefficient (Wildman–Crippen LogP) is 9.93. The van der Waals surface area contributed by atoms with Gasteiger partial charge in [0.15, 0.2) is 0 Å². The van der Waals surface area contributed by atoms with E-state index in [1.54, 1.807) is 14.2 Å². The normalized spacial score (nSPS) is 15.6. The van der Waals surface area contributed by atoms with Gasteiger partial charge >= 0.3 is 0 Å². The molecule has 54 heavy (non-hydrogen) atoms. The summed E-state index contributed by atoms with van der Waals surface area (Å²) in [4.78, 5) is 23.3. The fraction of sp³-hybridized carbons (Fsp3) is 0.167. The molecule has 6 heteroatoms. The summed E-state index contributed by atoms with van der Waals surface area (Å²) in [6.45, 7) is 8.36. The summed E-state index contributed by atoms with van der Waals surface area (Å²) in [5.74, 6) is 1.25. The first-order valence-corrected chi connectivity index (χ1v) is 18.2. The van der Waals surface area contributed by atoms with Crippen LogP contribution < -0.4 is 9.47 Å². The van der Waals surface area contributed by atoms with Gasteiger partial charge in [-0.2, -0.15) is 0 Å². The largest absolute Gasteiger partial charge is 0.496 e. The molecule has 0 N–H and O–H groups in total. The Hall–Kier alpha value is -6.40. The molecule has 0 unspecified atom stereocenters. The first kappa shape index (κ1) is 34.7. The first-order valence-electron chi connectivity index (χ1n) is 18.2. The Morgan fingerprint density at radius 1 is 0.333 bits per heavy atom. The molecule has 0 aliphatic carbocycles. The molecular weight excluding hydrogens is 665 g/mol. The van der Waals surface area contributed by atoms with Gasteiger partial charge in [-0.1, -0.05) is 156 Å². The van der Waals surface area contributed by atoms with E-state index in [0.29, 0.717) is 11.5 Å². The third-order valence-electron chi connectivity index (χ3n) is 10.3. The maximum Gasteiger partial charge on any atom is 0.230 e. The van der Waals surface area contributed by atoms with Crippen LogP contribution in [0.25, 0.3) is 0 Å². The lowest BCUT2D eigenvalue weighted by Gasteiger charge is -2.39. The van der Waals surface area contributed by atoms with Crippen LogP contribution in [0.4, 0.5) is 0 Å². The average molecular weight is 707 g/mol. The number of hydrogen-bond acceptors (Lipinski definition) is 6. The molecule has 0 aromatic heterocycles. The van der Waals surface area contributed by atoms with E-state index < -0.39 is 11.3 Å². The van der Waals surface area contributed by atoms with Crippen molar-refractivity contribution in [3.8, 4) is 11.5 Å². The van der Waals surface area contributed by atoms with E-state index in [2.05, 4.69) is 125 Å². The quantitative estimate of drug-likeness (QED) is 0.150. The Labute approximate surface area is 317 Å². The number of rotatable bonds is 9. The van der Waals surface area contributed by atoms with Gasteiger partial charge in [0, 0.05) is 33.4 Å². The van der Waals surface area contributed by atoms with Gasteiger partial charge in [0.25, 0.3) is 0 Å². The summed E-state index contributed by atoms with van der Waals surface area (Å²) in [6, 6.07) is 49.7. The maximum absolute atomic E-state index is 6.18. The lowest BCUT2D eigenvalue weighted by atomic mass is 9.81. The molecular formula is C48H42N4O2. The Morgan fingerprint density at radius 3 is 0.815 bits per heavy atom. The van der Waals surface area contributed by atoms with Gasteiger partial charge in [0.05, 0.1) is 37.1 Å². The van der Waals surface area contributed by atoms with Crippen LogP contribution >= 0.6 is 0 Å². The molecule has 6 aromatic carbocycles. The summed E-state index contributed by atoms with van der Waals surface area (Å²) in [7, 11) is 3.37. The maximum atomic E-state index is 6.18. The van der Waals surface area contributed by atoms with E-state index in [1.807, 2.05) is 48.5 Å². The van der Waals surface area contributed by atoms with Crippen LogP contribution in [0.5, 0.6) is 11.5 Å². The number of nitrogens with zero attached hydrogens (tertiary/aromatic N) is 4. The molecule has 6 nitrogen and oxygen atoms in total. The second-order valence-corrected chi connectivity index (χ2v) is 14.1. The second kappa shape index (κ2) is 13.9. The SMILES string of the molecule is COc1ccccc1C1(C2(c3ccccc3OC)N=C(c3ccc(C)cc3)C(c3ccc(C)cc3)=N2)N=C(c2ccc(C)cc2)C(c2ccc(C)cc2)=N1. The molecule has 2 heterocycles. The molecule has 0 radical (unpaired) electrons.